The summed E-state index contributed by atoms with van der Waals surface area (Å²) in [5.41, 5.74) is 7.73. The summed E-state index contributed by atoms with van der Waals surface area (Å²) < 4.78 is 59.7. The van der Waals surface area contributed by atoms with Crippen LogP contribution < -0.4 is 10.9 Å². The molecule has 0 radical (unpaired) electrons. The molecule has 0 saturated heterocycles. The Labute approximate surface area is 173 Å². The average Bonchev–Trinajstić information content (AvgIpc) is 3.21. The van der Waals surface area contributed by atoms with Crippen LogP contribution in [0.1, 0.15) is 5.56 Å². The van der Waals surface area contributed by atoms with E-state index in [0.717, 1.165) is 0 Å². The first-order chi connectivity index (χ1) is 14.3. The van der Waals surface area contributed by atoms with Gasteiger partial charge in [-0.05, 0) is 30.3 Å². The van der Waals surface area contributed by atoms with Gasteiger partial charge < -0.3 is 15.3 Å². The molecular weight excluding hydrogens is 441 g/mol. The molecule has 162 valence electrons. The summed E-state index contributed by atoms with van der Waals surface area (Å²) in [7, 11) is -3.77. The molecule has 0 unspecified atom stereocenters. The van der Waals surface area contributed by atoms with Gasteiger partial charge in [-0.15, -0.1) is 0 Å². The fourth-order valence-electron chi connectivity index (χ4n) is 2.27. The van der Waals surface area contributed by atoms with Gasteiger partial charge in [0.15, 0.2) is 0 Å². The number of rotatable bonds is 3. The highest BCUT2D eigenvalue weighted by Crippen LogP contribution is 2.31. The zero-order valence-electron chi connectivity index (χ0n) is 15.3. The Bertz CT molecular complexity index is 1230. The summed E-state index contributed by atoms with van der Waals surface area (Å²) in [5.74, 6) is -2.20. The predicted octanol–water partition coefficient (Wildman–Crippen LogP) is 2.74. The molecule has 2 heterocycles. The third kappa shape index (κ3) is 5.81. The number of anilines is 1. The van der Waals surface area contributed by atoms with Gasteiger partial charge in [-0.25, -0.2) is 23.3 Å². The lowest BCUT2D eigenvalue weighted by Crippen LogP contribution is -2.21. The van der Waals surface area contributed by atoms with Gasteiger partial charge in [0.25, 0.3) is 0 Å². The summed E-state index contributed by atoms with van der Waals surface area (Å²) >= 11 is 0. The minimum Gasteiger partial charge on any atom is -0.475 e. The molecule has 0 aliphatic rings. The van der Waals surface area contributed by atoms with E-state index < -0.39 is 22.2 Å². The summed E-state index contributed by atoms with van der Waals surface area (Å²) in [6.07, 6.45) is -3.59. The van der Waals surface area contributed by atoms with Gasteiger partial charge in [0, 0.05) is 11.1 Å². The van der Waals surface area contributed by atoms with Crippen molar-refractivity contribution in [2.75, 3.05) is 5.73 Å². The molecular formula is C18H13F3N4O5S. The molecule has 0 aliphatic carbocycles. The number of nitrogens with two attached hydrogens (primary N) is 2. The van der Waals surface area contributed by atoms with Crippen LogP contribution in [0.4, 0.5) is 19.0 Å². The Morgan fingerprint density at radius 1 is 1.19 bits per heavy atom. The molecule has 13 heteroatoms. The number of halogens is 3. The Kier molecular flexibility index (Phi) is 6.68. The molecule has 9 nitrogen and oxygen atoms in total. The van der Waals surface area contributed by atoms with Crippen LogP contribution in [0.3, 0.4) is 0 Å². The Morgan fingerprint density at radius 2 is 1.77 bits per heavy atom. The number of furan rings is 1. The van der Waals surface area contributed by atoms with E-state index in [1.54, 1.807) is 30.3 Å². The van der Waals surface area contributed by atoms with E-state index in [2.05, 4.69) is 4.98 Å². The van der Waals surface area contributed by atoms with E-state index in [-0.39, 0.29) is 16.3 Å². The highest BCUT2D eigenvalue weighted by molar-refractivity contribution is 7.89. The number of carbonyl (C=O) groups is 1. The number of aliphatic carboxylic acids is 1. The summed E-state index contributed by atoms with van der Waals surface area (Å²) in [6.45, 7) is 0. The molecule has 31 heavy (non-hydrogen) atoms. The fourth-order valence-corrected chi connectivity index (χ4v) is 2.79. The van der Waals surface area contributed by atoms with Crippen LogP contribution in [0, 0.1) is 11.3 Å². The normalized spacial score (nSPS) is 11.2. The zero-order chi connectivity index (χ0) is 23.4. The topological polar surface area (TPSA) is 173 Å². The van der Waals surface area contributed by atoms with Crippen LogP contribution in [0.15, 0.2) is 58.0 Å². The maximum Gasteiger partial charge on any atom is 0.490 e. The van der Waals surface area contributed by atoms with E-state index in [9.17, 15) is 26.9 Å². The van der Waals surface area contributed by atoms with Gasteiger partial charge in [0.05, 0.1) is 16.9 Å². The van der Waals surface area contributed by atoms with Gasteiger partial charge in [-0.1, -0.05) is 12.1 Å². The minimum absolute atomic E-state index is 0.000810. The molecule has 3 aromatic rings. The highest BCUT2D eigenvalue weighted by atomic mass is 32.2. The molecule has 0 amide bonds. The minimum atomic E-state index is -5.08. The van der Waals surface area contributed by atoms with Crippen molar-refractivity contribution in [2.45, 2.75) is 11.1 Å². The molecule has 0 bridgehead atoms. The standard InChI is InChI=1S/C16H12N4O3S.C2HF3O2/c17-9-13-12(15-2-1-7-23-15)8-14(20-16(13)18)10-3-5-11(6-4-10)24(19,21)22;3-2(4,5)1(6)7/h1-8H,(H2,18,20)(H2,19,21,22);(H,6,7). The SMILES string of the molecule is N#Cc1c(-c2ccco2)cc(-c2ccc(S(N)(=O)=O)cc2)nc1N.O=C(O)C(F)(F)F. The Morgan fingerprint density at radius 3 is 2.19 bits per heavy atom. The highest BCUT2D eigenvalue weighted by Gasteiger charge is 2.38. The Balaban J connectivity index is 0.000000423. The number of alkyl halides is 3. The van der Waals surface area contributed by atoms with Gasteiger partial charge in [-0.2, -0.15) is 18.4 Å². The predicted molar refractivity (Wildman–Crippen MR) is 102 cm³/mol. The molecule has 2 aromatic heterocycles. The van der Waals surface area contributed by atoms with Crippen molar-refractivity contribution in [1.82, 2.24) is 4.98 Å². The van der Waals surface area contributed by atoms with Crippen molar-refractivity contribution in [2.24, 2.45) is 5.14 Å². The van der Waals surface area contributed by atoms with Crippen LogP contribution in [0.25, 0.3) is 22.6 Å². The second kappa shape index (κ2) is 8.86. The number of benzene rings is 1. The van der Waals surface area contributed by atoms with Gasteiger partial charge >= 0.3 is 12.1 Å². The van der Waals surface area contributed by atoms with Gasteiger partial charge in [-0.3, -0.25) is 0 Å². The molecule has 5 N–H and O–H groups in total. The largest absolute Gasteiger partial charge is 0.490 e. The lowest BCUT2D eigenvalue weighted by molar-refractivity contribution is -0.192. The van der Waals surface area contributed by atoms with E-state index in [1.165, 1.54) is 18.4 Å². The molecule has 3 rings (SSSR count). The quantitative estimate of drug-likeness (QED) is 0.541. The lowest BCUT2D eigenvalue weighted by Gasteiger charge is -2.08. The third-order valence-corrected chi connectivity index (χ3v) is 4.60. The summed E-state index contributed by atoms with van der Waals surface area (Å²) in [5, 5.41) is 21.5. The molecule has 0 spiro atoms. The molecule has 0 atom stereocenters. The molecule has 0 aliphatic heterocycles. The average molecular weight is 454 g/mol. The van der Waals surface area contributed by atoms with E-state index in [0.29, 0.717) is 22.6 Å². The number of sulfonamides is 1. The number of carboxylic acids is 1. The van der Waals surface area contributed by atoms with Crippen molar-refractivity contribution in [3.63, 3.8) is 0 Å². The number of primary sulfonamides is 1. The molecule has 0 fully saturated rings. The van der Waals surface area contributed by atoms with Crippen LogP contribution in [-0.4, -0.2) is 30.7 Å². The van der Waals surface area contributed by atoms with Crippen molar-refractivity contribution in [3.8, 4) is 28.7 Å². The lowest BCUT2D eigenvalue weighted by atomic mass is 10.0. The zero-order valence-corrected chi connectivity index (χ0v) is 16.1. The molecule has 0 saturated carbocycles. The maximum atomic E-state index is 11.3. The van der Waals surface area contributed by atoms with Gasteiger partial charge in [0.1, 0.15) is 23.2 Å². The first kappa shape index (κ1) is 23.4. The number of pyridine rings is 1. The maximum absolute atomic E-state index is 11.3. The number of nitrogens with zero attached hydrogens (tertiary/aromatic N) is 2. The number of nitrogen functional groups attached to an aromatic ring is 1. The van der Waals surface area contributed by atoms with Crippen molar-refractivity contribution in [3.05, 3.63) is 54.3 Å². The number of aromatic nitrogens is 1. The second-order valence-electron chi connectivity index (χ2n) is 5.78. The van der Waals surface area contributed by atoms with E-state index >= 15 is 0 Å². The van der Waals surface area contributed by atoms with Crippen LogP contribution >= 0.6 is 0 Å². The molecule has 1 aromatic carbocycles. The first-order valence-corrected chi connectivity index (χ1v) is 9.57. The van der Waals surface area contributed by atoms with Gasteiger partial charge in [0.2, 0.25) is 10.0 Å². The second-order valence-corrected chi connectivity index (χ2v) is 7.34. The van der Waals surface area contributed by atoms with E-state index in [4.69, 9.17) is 25.2 Å². The number of hydrogen-bond acceptors (Lipinski definition) is 7. The van der Waals surface area contributed by atoms with Crippen molar-refractivity contribution < 1.29 is 35.9 Å². The number of carboxylic acid groups (broad SMARTS) is 1. The smallest absolute Gasteiger partial charge is 0.475 e. The van der Waals surface area contributed by atoms with E-state index in [1.807, 2.05) is 6.07 Å². The first-order valence-electron chi connectivity index (χ1n) is 8.02. The monoisotopic (exact) mass is 454 g/mol. The summed E-state index contributed by atoms with van der Waals surface area (Å²) in [4.78, 5) is 13.1. The number of nitriles is 1. The number of hydrogen-bond donors (Lipinski definition) is 3. The van der Waals surface area contributed by atoms with Crippen molar-refractivity contribution >= 4 is 21.8 Å². The fraction of sp³-hybridized carbons (Fsp3) is 0.0556. The van der Waals surface area contributed by atoms with Crippen LogP contribution in [-0.2, 0) is 14.8 Å². The van der Waals surface area contributed by atoms with Crippen molar-refractivity contribution in [1.29, 1.82) is 5.26 Å². The van der Waals surface area contributed by atoms with Crippen LogP contribution in [0.2, 0.25) is 0 Å². The third-order valence-electron chi connectivity index (χ3n) is 3.67. The summed E-state index contributed by atoms with van der Waals surface area (Å²) in [6, 6.07) is 13.0. The Hall–Kier alpha value is -3.89. The van der Waals surface area contributed by atoms with Crippen LogP contribution in [0.5, 0.6) is 0 Å².